The number of likely N-dealkylation sites (tertiary alicyclic amines) is 1. The van der Waals surface area contributed by atoms with E-state index in [0.29, 0.717) is 12.6 Å². The monoisotopic (exact) mass is 498 g/mol. The van der Waals surface area contributed by atoms with Crippen molar-refractivity contribution in [1.29, 1.82) is 0 Å². The molecule has 1 saturated heterocycles. The minimum absolute atomic E-state index is 0.464. The first kappa shape index (κ1) is 22.3. The Morgan fingerprint density at radius 3 is 2.45 bits per heavy atom. The fourth-order valence-electron chi connectivity index (χ4n) is 3.99. The SMILES string of the molecule is Clc1ccccc1COc1ccc(Br)cc1CNC1CCN(Cc2ccccc2)CC1. The first-order valence-corrected chi connectivity index (χ1v) is 12.0. The van der Waals surface area contributed by atoms with E-state index >= 15 is 0 Å². The molecule has 5 heteroatoms. The zero-order valence-corrected chi connectivity index (χ0v) is 19.9. The van der Waals surface area contributed by atoms with Gasteiger partial charge in [-0.1, -0.05) is 76.1 Å². The molecule has 1 heterocycles. The van der Waals surface area contributed by atoms with Gasteiger partial charge in [0.05, 0.1) is 0 Å². The summed E-state index contributed by atoms with van der Waals surface area (Å²) in [7, 11) is 0. The van der Waals surface area contributed by atoms with E-state index in [9.17, 15) is 0 Å². The fraction of sp³-hybridized carbons (Fsp3) is 0.308. The van der Waals surface area contributed by atoms with Crippen molar-refractivity contribution in [1.82, 2.24) is 10.2 Å². The van der Waals surface area contributed by atoms with Crippen LogP contribution < -0.4 is 10.1 Å². The summed E-state index contributed by atoms with van der Waals surface area (Å²) in [6, 6.07) is 25.3. The maximum atomic E-state index is 6.28. The van der Waals surface area contributed by atoms with Crippen LogP contribution in [0, 0.1) is 0 Å². The topological polar surface area (TPSA) is 24.5 Å². The second-order valence-corrected chi connectivity index (χ2v) is 9.37. The Hall–Kier alpha value is -1.85. The maximum Gasteiger partial charge on any atom is 0.124 e. The van der Waals surface area contributed by atoms with Gasteiger partial charge in [0.1, 0.15) is 12.4 Å². The van der Waals surface area contributed by atoms with Crippen LogP contribution in [0.3, 0.4) is 0 Å². The van der Waals surface area contributed by atoms with E-state index in [-0.39, 0.29) is 0 Å². The molecule has 0 unspecified atom stereocenters. The third-order valence-corrected chi connectivity index (χ3v) is 6.64. The summed E-state index contributed by atoms with van der Waals surface area (Å²) >= 11 is 9.88. The number of hydrogen-bond acceptors (Lipinski definition) is 3. The lowest BCUT2D eigenvalue weighted by Crippen LogP contribution is -2.41. The van der Waals surface area contributed by atoms with E-state index in [1.54, 1.807) is 0 Å². The first-order chi connectivity index (χ1) is 15.2. The van der Waals surface area contributed by atoms with E-state index in [4.69, 9.17) is 16.3 Å². The lowest BCUT2D eigenvalue weighted by Gasteiger charge is -2.32. The summed E-state index contributed by atoms with van der Waals surface area (Å²) in [5, 5.41) is 4.48. The van der Waals surface area contributed by atoms with Crippen LogP contribution in [-0.4, -0.2) is 24.0 Å². The molecule has 0 aliphatic carbocycles. The van der Waals surface area contributed by atoms with Crippen LogP contribution in [0.1, 0.15) is 29.5 Å². The zero-order chi connectivity index (χ0) is 21.5. The van der Waals surface area contributed by atoms with Gasteiger partial charge >= 0.3 is 0 Å². The minimum Gasteiger partial charge on any atom is -0.489 e. The van der Waals surface area contributed by atoms with E-state index in [0.717, 1.165) is 65.4 Å². The van der Waals surface area contributed by atoms with E-state index in [1.807, 2.05) is 36.4 Å². The average Bonchev–Trinajstić information content (AvgIpc) is 2.80. The molecule has 3 aromatic carbocycles. The number of benzene rings is 3. The number of piperidine rings is 1. The van der Waals surface area contributed by atoms with Gasteiger partial charge < -0.3 is 10.1 Å². The summed E-state index contributed by atoms with van der Waals surface area (Å²) in [4.78, 5) is 2.55. The van der Waals surface area contributed by atoms with Crippen molar-refractivity contribution in [2.45, 2.75) is 38.6 Å². The van der Waals surface area contributed by atoms with Gasteiger partial charge in [-0.2, -0.15) is 0 Å². The van der Waals surface area contributed by atoms with Crippen LogP contribution in [0.5, 0.6) is 5.75 Å². The Morgan fingerprint density at radius 2 is 1.68 bits per heavy atom. The summed E-state index contributed by atoms with van der Waals surface area (Å²) in [5.41, 5.74) is 3.55. The highest BCUT2D eigenvalue weighted by atomic mass is 79.9. The molecular formula is C26H28BrClN2O. The molecule has 3 aromatic rings. The van der Waals surface area contributed by atoms with Gasteiger partial charge in [0, 0.05) is 39.8 Å². The summed E-state index contributed by atoms with van der Waals surface area (Å²) in [5.74, 6) is 0.900. The van der Waals surface area contributed by atoms with Gasteiger partial charge in [0.25, 0.3) is 0 Å². The Morgan fingerprint density at radius 1 is 0.935 bits per heavy atom. The molecule has 0 atom stereocenters. The van der Waals surface area contributed by atoms with Crippen molar-refractivity contribution in [2.75, 3.05) is 13.1 Å². The van der Waals surface area contributed by atoms with E-state index in [2.05, 4.69) is 62.5 Å². The predicted octanol–water partition coefficient (Wildman–Crippen LogP) is 6.44. The Labute approximate surface area is 198 Å². The smallest absolute Gasteiger partial charge is 0.124 e. The third kappa shape index (κ3) is 6.56. The lowest BCUT2D eigenvalue weighted by molar-refractivity contribution is 0.189. The molecule has 0 radical (unpaired) electrons. The summed E-state index contributed by atoms with van der Waals surface area (Å²) in [6.07, 6.45) is 2.33. The van der Waals surface area contributed by atoms with Gasteiger partial charge in [0.15, 0.2) is 0 Å². The van der Waals surface area contributed by atoms with Crippen molar-refractivity contribution < 1.29 is 4.74 Å². The maximum absolute atomic E-state index is 6.28. The van der Waals surface area contributed by atoms with Crippen LogP contribution in [0.25, 0.3) is 0 Å². The first-order valence-electron chi connectivity index (χ1n) is 10.8. The summed E-state index contributed by atoms with van der Waals surface area (Å²) in [6.45, 7) is 4.55. The quantitative estimate of drug-likeness (QED) is 0.386. The van der Waals surface area contributed by atoms with Gasteiger partial charge in [-0.05, 0) is 55.8 Å². The summed E-state index contributed by atoms with van der Waals surface area (Å²) < 4.78 is 7.19. The highest BCUT2D eigenvalue weighted by molar-refractivity contribution is 9.10. The van der Waals surface area contributed by atoms with E-state index in [1.165, 1.54) is 5.56 Å². The number of hydrogen-bond donors (Lipinski definition) is 1. The molecule has 31 heavy (non-hydrogen) atoms. The van der Waals surface area contributed by atoms with Crippen molar-refractivity contribution >= 4 is 27.5 Å². The fourth-order valence-corrected chi connectivity index (χ4v) is 4.59. The lowest BCUT2D eigenvalue weighted by atomic mass is 10.0. The molecular weight excluding hydrogens is 472 g/mol. The highest BCUT2D eigenvalue weighted by Crippen LogP contribution is 2.26. The Balaban J connectivity index is 1.29. The normalized spacial score (nSPS) is 15.2. The molecule has 1 N–H and O–H groups in total. The minimum atomic E-state index is 0.464. The molecule has 1 aliphatic rings. The van der Waals surface area contributed by atoms with Gasteiger partial charge in [-0.25, -0.2) is 0 Å². The van der Waals surface area contributed by atoms with E-state index < -0.39 is 0 Å². The number of rotatable bonds is 8. The van der Waals surface area contributed by atoms with Crippen LogP contribution in [0.2, 0.25) is 5.02 Å². The standard InChI is InChI=1S/C26H28BrClN2O/c27-23-10-11-26(31-19-21-8-4-5-9-25(21)28)22(16-23)17-29-24-12-14-30(15-13-24)18-20-6-2-1-3-7-20/h1-11,16,24,29H,12-15,17-19H2. The molecule has 1 fully saturated rings. The van der Waals surface area contributed by atoms with Gasteiger partial charge in [-0.3, -0.25) is 4.90 Å². The molecule has 162 valence electrons. The van der Waals surface area contributed by atoms with Crippen molar-refractivity contribution in [3.63, 3.8) is 0 Å². The number of ether oxygens (including phenoxy) is 1. The average molecular weight is 500 g/mol. The molecule has 1 aliphatic heterocycles. The van der Waals surface area contributed by atoms with Crippen LogP contribution in [-0.2, 0) is 19.7 Å². The van der Waals surface area contributed by atoms with Gasteiger partial charge in [-0.15, -0.1) is 0 Å². The molecule has 0 amide bonds. The van der Waals surface area contributed by atoms with Gasteiger partial charge in [0.2, 0.25) is 0 Å². The van der Waals surface area contributed by atoms with Crippen LogP contribution >= 0.6 is 27.5 Å². The number of halogens is 2. The van der Waals surface area contributed by atoms with Crippen molar-refractivity contribution in [3.05, 3.63) is 99.0 Å². The molecule has 3 nitrogen and oxygen atoms in total. The van der Waals surface area contributed by atoms with Crippen molar-refractivity contribution in [2.24, 2.45) is 0 Å². The second-order valence-electron chi connectivity index (χ2n) is 8.05. The Kier molecular flexibility index (Phi) is 8.03. The number of nitrogens with zero attached hydrogens (tertiary/aromatic N) is 1. The van der Waals surface area contributed by atoms with Crippen molar-refractivity contribution in [3.8, 4) is 5.75 Å². The molecule has 0 aromatic heterocycles. The second kappa shape index (κ2) is 11.1. The van der Waals surface area contributed by atoms with Crippen LogP contribution in [0.15, 0.2) is 77.3 Å². The highest BCUT2D eigenvalue weighted by Gasteiger charge is 2.19. The third-order valence-electron chi connectivity index (χ3n) is 5.78. The van der Waals surface area contributed by atoms with Crippen LogP contribution in [0.4, 0.5) is 0 Å². The molecule has 0 bridgehead atoms. The predicted molar refractivity (Wildman–Crippen MR) is 132 cm³/mol. The molecule has 4 rings (SSSR count). The zero-order valence-electron chi connectivity index (χ0n) is 17.6. The number of nitrogens with one attached hydrogen (secondary N) is 1. The molecule has 0 spiro atoms. The Bertz CT molecular complexity index is 974. The largest absolute Gasteiger partial charge is 0.489 e. The molecule has 0 saturated carbocycles.